The smallest absolute Gasteiger partial charge is 0.137 e. The zero-order chi connectivity index (χ0) is 13.7. The second-order valence-electron chi connectivity index (χ2n) is 5.19. The third kappa shape index (κ3) is 4.36. The third-order valence-electron chi connectivity index (χ3n) is 3.26. The van der Waals surface area contributed by atoms with Gasteiger partial charge in [-0.2, -0.15) is 0 Å². The molecule has 0 saturated carbocycles. The molecule has 0 aliphatic heterocycles. The first-order valence-electron chi connectivity index (χ1n) is 6.76. The molecule has 1 heteroatoms. The van der Waals surface area contributed by atoms with Gasteiger partial charge in [-0.25, -0.2) is 0 Å². The van der Waals surface area contributed by atoms with Crippen LogP contribution in [0, 0.1) is 13.8 Å². The van der Waals surface area contributed by atoms with E-state index in [1.807, 2.05) is 12.1 Å². The van der Waals surface area contributed by atoms with Crippen LogP contribution in [0.25, 0.3) is 0 Å². The zero-order valence-corrected chi connectivity index (χ0v) is 11.6. The summed E-state index contributed by atoms with van der Waals surface area (Å²) in [6.07, 6.45) is 2.01. The fourth-order valence-corrected chi connectivity index (χ4v) is 2.29. The summed E-state index contributed by atoms with van der Waals surface area (Å²) in [5, 5.41) is 0. The molecule has 0 unspecified atom stereocenters. The van der Waals surface area contributed by atoms with E-state index in [-0.39, 0.29) is 0 Å². The Morgan fingerprint density at radius 3 is 2.11 bits per heavy atom. The minimum atomic E-state index is 0.312. The number of rotatable bonds is 5. The highest BCUT2D eigenvalue weighted by atomic mass is 16.1. The Kier molecular flexibility index (Phi) is 4.51. The van der Waals surface area contributed by atoms with Crippen molar-refractivity contribution in [2.24, 2.45) is 0 Å². The number of carbonyl (C=O) groups is 1. The second kappa shape index (κ2) is 6.33. The average Bonchev–Trinajstić information content (AvgIpc) is 2.36. The number of ketones is 1. The number of hydrogen-bond donors (Lipinski definition) is 0. The fraction of sp³-hybridized carbons (Fsp3) is 0.278. The minimum absolute atomic E-state index is 0.312. The molecule has 0 heterocycles. The van der Waals surface area contributed by atoms with Crippen molar-refractivity contribution in [3.05, 3.63) is 70.8 Å². The van der Waals surface area contributed by atoms with E-state index in [1.54, 1.807) is 0 Å². The summed E-state index contributed by atoms with van der Waals surface area (Å²) in [7, 11) is 0. The molecule has 2 aromatic rings. The number of aryl methyl sites for hydroxylation is 3. The van der Waals surface area contributed by atoms with Crippen molar-refractivity contribution in [2.75, 3.05) is 0 Å². The molecule has 0 bridgehead atoms. The van der Waals surface area contributed by atoms with E-state index in [0.717, 1.165) is 12.0 Å². The summed E-state index contributed by atoms with van der Waals surface area (Å²) in [6, 6.07) is 16.6. The van der Waals surface area contributed by atoms with Gasteiger partial charge in [-0.05, 0) is 31.4 Å². The molecule has 0 atom stereocenters. The summed E-state index contributed by atoms with van der Waals surface area (Å²) in [5.41, 5.74) is 4.83. The minimum Gasteiger partial charge on any atom is -0.299 e. The van der Waals surface area contributed by atoms with E-state index in [0.29, 0.717) is 18.6 Å². The molecule has 2 rings (SSSR count). The first kappa shape index (κ1) is 13.5. The summed E-state index contributed by atoms with van der Waals surface area (Å²) in [5.74, 6) is 0.312. The highest BCUT2D eigenvalue weighted by Crippen LogP contribution is 2.10. The van der Waals surface area contributed by atoms with Crippen molar-refractivity contribution >= 4 is 5.78 Å². The van der Waals surface area contributed by atoms with E-state index in [1.165, 1.54) is 16.7 Å². The predicted molar refractivity (Wildman–Crippen MR) is 79.4 cm³/mol. The van der Waals surface area contributed by atoms with Crippen molar-refractivity contribution in [2.45, 2.75) is 33.1 Å². The quantitative estimate of drug-likeness (QED) is 0.784. The maximum atomic E-state index is 12.0. The van der Waals surface area contributed by atoms with Gasteiger partial charge in [-0.15, -0.1) is 0 Å². The Bertz CT molecular complexity index is 569. The number of hydrogen-bond acceptors (Lipinski definition) is 1. The van der Waals surface area contributed by atoms with E-state index < -0.39 is 0 Å². The number of carbonyl (C=O) groups excluding carboxylic acids is 1. The van der Waals surface area contributed by atoms with Crippen molar-refractivity contribution in [1.82, 2.24) is 0 Å². The standard InChI is InChI=1S/C18H20O/c1-14-5-3-7-16(11-14)9-10-18(19)13-17-8-4-6-15(2)12-17/h3-8,11-12H,9-10,13H2,1-2H3. The Hall–Kier alpha value is -1.89. The van der Waals surface area contributed by atoms with Crippen LogP contribution in [0.3, 0.4) is 0 Å². The lowest BCUT2D eigenvalue weighted by molar-refractivity contribution is -0.118. The highest BCUT2D eigenvalue weighted by molar-refractivity contribution is 5.81. The maximum absolute atomic E-state index is 12.0. The van der Waals surface area contributed by atoms with E-state index in [9.17, 15) is 4.79 Å². The van der Waals surface area contributed by atoms with Crippen LogP contribution in [-0.4, -0.2) is 5.78 Å². The largest absolute Gasteiger partial charge is 0.299 e. The highest BCUT2D eigenvalue weighted by Gasteiger charge is 2.04. The number of Topliss-reactive ketones (excluding diaryl/α,β-unsaturated/α-hetero) is 1. The van der Waals surface area contributed by atoms with E-state index in [2.05, 4.69) is 50.2 Å². The molecule has 0 aliphatic rings. The average molecular weight is 252 g/mol. The van der Waals surface area contributed by atoms with Crippen LogP contribution < -0.4 is 0 Å². The Morgan fingerprint density at radius 2 is 1.47 bits per heavy atom. The van der Waals surface area contributed by atoms with Gasteiger partial charge >= 0.3 is 0 Å². The Morgan fingerprint density at radius 1 is 0.895 bits per heavy atom. The topological polar surface area (TPSA) is 17.1 Å². The monoisotopic (exact) mass is 252 g/mol. The predicted octanol–water partition coefficient (Wildman–Crippen LogP) is 4.05. The van der Waals surface area contributed by atoms with Crippen LogP contribution in [0.2, 0.25) is 0 Å². The molecule has 0 radical (unpaired) electrons. The molecule has 0 amide bonds. The third-order valence-corrected chi connectivity index (χ3v) is 3.26. The molecular formula is C18H20O. The lowest BCUT2D eigenvalue weighted by Crippen LogP contribution is -2.04. The van der Waals surface area contributed by atoms with Crippen LogP contribution in [0.4, 0.5) is 0 Å². The van der Waals surface area contributed by atoms with Crippen molar-refractivity contribution < 1.29 is 4.79 Å². The van der Waals surface area contributed by atoms with Crippen LogP contribution in [0.5, 0.6) is 0 Å². The Balaban J connectivity index is 1.88. The van der Waals surface area contributed by atoms with Gasteiger partial charge in [0.15, 0.2) is 0 Å². The summed E-state index contributed by atoms with van der Waals surface area (Å²) < 4.78 is 0. The van der Waals surface area contributed by atoms with Crippen LogP contribution in [-0.2, 0) is 17.6 Å². The fourth-order valence-electron chi connectivity index (χ4n) is 2.29. The molecule has 98 valence electrons. The molecule has 0 saturated heterocycles. The molecule has 19 heavy (non-hydrogen) atoms. The summed E-state index contributed by atoms with van der Waals surface area (Å²) in [4.78, 5) is 12.0. The van der Waals surface area contributed by atoms with Gasteiger partial charge in [0.2, 0.25) is 0 Å². The van der Waals surface area contributed by atoms with E-state index >= 15 is 0 Å². The SMILES string of the molecule is Cc1cccc(CCC(=O)Cc2cccc(C)c2)c1. The zero-order valence-electron chi connectivity index (χ0n) is 11.6. The molecular weight excluding hydrogens is 232 g/mol. The maximum Gasteiger partial charge on any atom is 0.137 e. The summed E-state index contributed by atoms with van der Waals surface area (Å²) >= 11 is 0. The molecule has 0 spiro atoms. The van der Waals surface area contributed by atoms with Gasteiger partial charge in [0.05, 0.1) is 0 Å². The van der Waals surface area contributed by atoms with Gasteiger partial charge in [-0.1, -0.05) is 59.7 Å². The van der Waals surface area contributed by atoms with Crippen molar-refractivity contribution in [1.29, 1.82) is 0 Å². The van der Waals surface area contributed by atoms with Crippen molar-refractivity contribution in [3.63, 3.8) is 0 Å². The first-order chi connectivity index (χ1) is 9.13. The van der Waals surface area contributed by atoms with E-state index in [4.69, 9.17) is 0 Å². The van der Waals surface area contributed by atoms with Gasteiger partial charge in [-0.3, -0.25) is 4.79 Å². The van der Waals surface area contributed by atoms with Gasteiger partial charge in [0.25, 0.3) is 0 Å². The molecule has 2 aromatic carbocycles. The van der Waals surface area contributed by atoms with Crippen LogP contribution >= 0.6 is 0 Å². The lowest BCUT2D eigenvalue weighted by Gasteiger charge is -2.04. The van der Waals surface area contributed by atoms with Crippen LogP contribution in [0.1, 0.15) is 28.7 Å². The lowest BCUT2D eigenvalue weighted by atomic mass is 10.0. The van der Waals surface area contributed by atoms with Crippen molar-refractivity contribution in [3.8, 4) is 0 Å². The Labute approximate surface area is 115 Å². The summed E-state index contributed by atoms with van der Waals surface area (Å²) in [6.45, 7) is 4.14. The van der Waals surface area contributed by atoms with Crippen LogP contribution in [0.15, 0.2) is 48.5 Å². The molecule has 0 N–H and O–H groups in total. The second-order valence-corrected chi connectivity index (χ2v) is 5.19. The molecule has 0 aliphatic carbocycles. The van der Waals surface area contributed by atoms with Gasteiger partial charge in [0.1, 0.15) is 5.78 Å². The van der Waals surface area contributed by atoms with Gasteiger partial charge in [0, 0.05) is 12.8 Å². The molecule has 1 nitrogen and oxygen atoms in total. The number of benzene rings is 2. The molecule has 0 fully saturated rings. The first-order valence-corrected chi connectivity index (χ1v) is 6.76. The van der Waals surface area contributed by atoms with Gasteiger partial charge < -0.3 is 0 Å². The normalized spacial score (nSPS) is 10.4. The molecule has 0 aromatic heterocycles.